The molecule has 7 heteroatoms. The molecule has 0 aliphatic heterocycles. The summed E-state index contributed by atoms with van der Waals surface area (Å²) in [6.45, 7) is 0. The van der Waals surface area contributed by atoms with Crippen LogP contribution in [0, 0.1) is 0 Å². The Labute approximate surface area is 144 Å². The fourth-order valence-corrected chi connectivity index (χ4v) is 3.94. The summed E-state index contributed by atoms with van der Waals surface area (Å²) in [5.41, 5.74) is 8.78. The van der Waals surface area contributed by atoms with Gasteiger partial charge < -0.3 is 5.73 Å². The largest absolute Gasteiger partial charge is 0.383 e. The summed E-state index contributed by atoms with van der Waals surface area (Å²) in [5, 5.41) is 7.55. The minimum atomic E-state index is 0.494. The summed E-state index contributed by atoms with van der Waals surface area (Å²) < 4.78 is 2.66. The van der Waals surface area contributed by atoms with Crippen molar-refractivity contribution in [3.05, 3.63) is 44.2 Å². The highest BCUT2D eigenvalue weighted by Crippen LogP contribution is 2.42. The predicted molar refractivity (Wildman–Crippen MR) is 94.1 cm³/mol. The zero-order valence-electron chi connectivity index (χ0n) is 10.9. The summed E-state index contributed by atoms with van der Waals surface area (Å²) >= 11 is 17.3. The quantitative estimate of drug-likeness (QED) is 0.617. The van der Waals surface area contributed by atoms with E-state index in [1.165, 1.54) is 0 Å². The number of nitrogens with zero attached hydrogens (tertiary/aromatic N) is 2. The molecule has 0 atom stereocenters. The first kappa shape index (κ1) is 14.9. The van der Waals surface area contributed by atoms with Gasteiger partial charge in [-0.15, -0.1) is 11.3 Å². The first-order valence-electron chi connectivity index (χ1n) is 6.00. The highest BCUT2D eigenvalue weighted by atomic mass is 79.9. The molecule has 3 rings (SSSR count). The van der Waals surface area contributed by atoms with E-state index in [4.69, 9.17) is 28.9 Å². The lowest BCUT2D eigenvalue weighted by Crippen LogP contribution is -1.98. The monoisotopic (exact) mass is 401 g/mol. The van der Waals surface area contributed by atoms with Crippen LogP contribution >= 0.6 is 50.5 Å². The number of nitrogens with two attached hydrogens (primary N) is 1. The zero-order chi connectivity index (χ0) is 15.1. The van der Waals surface area contributed by atoms with Crippen molar-refractivity contribution in [2.45, 2.75) is 0 Å². The van der Waals surface area contributed by atoms with Crippen molar-refractivity contribution in [3.8, 4) is 21.7 Å². The van der Waals surface area contributed by atoms with Crippen molar-refractivity contribution < 1.29 is 0 Å². The highest BCUT2D eigenvalue weighted by Gasteiger charge is 2.20. The molecule has 0 aliphatic carbocycles. The number of aryl methyl sites for hydroxylation is 1. The molecule has 2 N–H and O–H groups in total. The number of halogens is 3. The average Bonchev–Trinajstić information content (AvgIpc) is 2.98. The molecule has 2 heterocycles. The van der Waals surface area contributed by atoms with Gasteiger partial charge in [-0.05, 0) is 45.1 Å². The Morgan fingerprint density at radius 1 is 1.24 bits per heavy atom. The maximum atomic E-state index is 6.19. The van der Waals surface area contributed by atoms with Gasteiger partial charge in [-0.25, -0.2) is 0 Å². The van der Waals surface area contributed by atoms with Crippen molar-refractivity contribution in [2.75, 3.05) is 5.73 Å². The Hall–Kier alpha value is -1.01. The summed E-state index contributed by atoms with van der Waals surface area (Å²) in [6, 6.07) is 7.46. The molecule has 2 aromatic heterocycles. The molecular formula is C14H10BrCl2N3S. The SMILES string of the molecule is Cn1nc(-c2sccc2Br)c(-c2ccc(Cl)c(Cl)c2)c1N. The van der Waals surface area contributed by atoms with Gasteiger partial charge in [-0.3, -0.25) is 4.68 Å². The van der Waals surface area contributed by atoms with Gasteiger partial charge in [0.15, 0.2) is 0 Å². The van der Waals surface area contributed by atoms with Crippen LogP contribution in [0.3, 0.4) is 0 Å². The van der Waals surface area contributed by atoms with E-state index in [1.807, 2.05) is 30.6 Å². The third kappa shape index (κ3) is 2.59. The minimum Gasteiger partial charge on any atom is -0.383 e. The number of rotatable bonds is 2. The second kappa shape index (κ2) is 5.65. The van der Waals surface area contributed by atoms with E-state index >= 15 is 0 Å². The second-order valence-electron chi connectivity index (χ2n) is 4.46. The molecule has 3 nitrogen and oxygen atoms in total. The van der Waals surface area contributed by atoms with E-state index in [0.29, 0.717) is 15.9 Å². The Balaban J connectivity index is 2.27. The Morgan fingerprint density at radius 2 is 2.00 bits per heavy atom. The molecule has 0 saturated heterocycles. The number of hydrogen-bond acceptors (Lipinski definition) is 3. The third-order valence-corrected chi connectivity index (χ3v) is 5.72. The maximum absolute atomic E-state index is 6.19. The van der Waals surface area contributed by atoms with E-state index in [1.54, 1.807) is 22.1 Å². The van der Waals surface area contributed by atoms with Gasteiger partial charge >= 0.3 is 0 Å². The predicted octanol–water partition coefficient (Wildman–Crippen LogP) is 5.47. The Bertz CT molecular complexity index is 826. The van der Waals surface area contributed by atoms with Crippen LogP contribution in [-0.4, -0.2) is 9.78 Å². The van der Waals surface area contributed by atoms with Gasteiger partial charge in [0.1, 0.15) is 11.5 Å². The molecule has 0 bridgehead atoms. The molecule has 21 heavy (non-hydrogen) atoms. The summed E-state index contributed by atoms with van der Waals surface area (Å²) in [7, 11) is 1.82. The van der Waals surface area contributed by atoms with Crippen LogP contribution in [0.2, 0.25) is 10.0 Å². The van der Waals surface area contributed by atoms with Crippen molar-refractivity contribution >= 4 is 56.3 Å². The van der Waals surface area contributed by atoms with Crippen LogP contribution in [0.15, 0.2) is 34.1 Å². The van der Waals surface area contributed by atoms with Gasteiger partial charge in [0.2, 0.25) is 0 Å². The second-order valence-corrected chi connectivity index (χ2v) is 7.04. The van der Waals surface area contributed by atoms with Crippen molar-refractivity contribution in [1.82, 2.24) is 9.78 Å². The molecule has 0 unspecified atom stereocenters. The van der Waals surface area contributed by atoms with E-state index in [-0.39, 0.29) is 0 Å². The fourth-order valence-electron chi connectivity index (χ4n) is 2.09. The molecular weight excluding hydrogens is 393 g/mol. The van der Waals surface area contributed by atoms with Crippen molar-refractivity contribution in [3.63, 3.8) is 0 Å². The highest BCUT2D eigenvalue weighted by molar-refractivity contribution is 9.10. The van der Waals surface area contributed by atoms with E-state index in [9.17, 15) is 0 Å². The van der Waals surface area contributed by atoms with Crippen LogP contribution in [0.5, 0.6) is 0 Å². The molecule has 0 fully saturated rings. The number of aromatic nitrogens is 2. The van der Waals surface area contributed by atoms with Gasteiger partial charge in [0.05, 0.1) is 20.5 Å². The molecule has 0 amide bonds. The number of thiophene rings is 1. The Morgan fingerprint density at radius 3 is 2.62 bits per heavy atom. The number of anilines is 1. The smallest absolute Gasteiger partial charge is 0.129 e. The fraction of sp³-hybridized carbons (Fsp3) is 0.0714. The van der Waals surface area contributed by atoms with Gasteiger partial charge in [-0.1, -0.05) is 29.3 Å². The lowest BCUT2D eigenvalue weighted by atomic mass is 10.0. The lowest BCUT2D eigenvalue weighted by molar-refractivity contribution is 0.783. The van der Waals surface area contributed by atoms with Crippen LogP contribution in [0.25, 0.3) is 21.7 Å². The maximum Gasteiger partial charge on any atom is 0.129 e. The number of nitrogen functional groups attached to an aromatic ring is 1. The third-order valence-electron chi connectivity index (χ3n) is 3.13. The van der Waals surface area contributed by atoms with E-state index in [2.05, 4.69) is 21.0 Å². The van der Waals surface area contributed by atoms with Crippen LogP contribution < -0.4 is 5.73 Å². The minimum absolute atomic E-state index is 0.494. The molecule has 1 aromatic carbocycles. The molecule has 0 saturated carbocycles. The van der Waals surface area contributed by atoms with Gasteiger partial charge in [-0.2, -0.15) is 5.10 Å². The zero-order valence-corrected chi connectivity index (χ0v) is 14.8. The molecule has 0 spiro atoms. The first-order valence-corrected chi connectivity index (χ1v) is 8.43. The van der Waals surface area contributed by atoms with Crippen LogP contribution in [-0.2, 0) is 7.05 Å². The van der Waals surface area contributed by atoms with Crippen LogP contribution in [0.4, 0.5) is 5.82 Å². The number of benzene rings is 1. The van der Waals surface area contributed by atoms with E-state index < -0.39 is 0 Å². The van der Waals surface area contributed by atoms with Crippen molar-refractivity contribution in [1.29, 1.82) is 0 Å². The van der Waals surface area contributed by atoms with Gasteiger partial charge in [0.25, 0.3) is 0 Å². The summed E-state index contributed by atoms with van der Waals surface area (Å²) in [4.78, 5) is 1.03. The molecule has 108 valence electrons. The van der Waals surface area contributed by atoms with Gasteiger partial charge in [0, 0.05) is 11.5 Å². The average molecular weight is 403 g/mol. The van der Waals surface area contributed by atoms with Crippen molar-refractivity contribution in [2.24, 2.45) is 7.05 Å². The Kier molecular flexibility index (Phi) is 4.01. The lowest BCUT2D eigenvalue weighted by Gasteiger charge is -2.05. The molecule has 3 aromatic rings. The normalized spacial score (nSPS) is 11.0. The summed E-state index contributed by atoms with van der Waals surface area (Å²) in [5.74, 6) is 0.587. The van der Waals surface area contributed by atoms with Crippen LogP contribution in [0.1, 0.15) is 0 Å². The summed E-state index contributed by atoms with van der Waals surface area (Å²) in [6.07, 6.45) is 0. The first-order chi connectivity index (χ1) is 9.99. The molecule has 0 radical (unpaired) electrons. The number of hydrogen-bond donors (Lipinski definition) is 1. The molecule has 0 aliphatic rings. The topological polar surface area (TPSA) is 43.8 Å². The standard InChI is InChI=1S/C14H10BrCl2N3S/c1-20-14(18)11(7-2-3-9(16)10(17)6-7)12(19-20)13-8(15)4-5-21-13/h2-6H,18H2,1H3. The van der Waals surface area contributed by atoms with E-state index in [0.717, 1.165) is 26.2 Å².